The molecule has 2 aromatic heterocycles. The number of aryl methyl sites for hydroxylation is 4. The Kier molecular flexibility index (Phi) is 9.63. The van der Waals surface area contributed by atoms with Crippen molar-refractivity contribution in [3.8, 4) is 45.3 Å². The van der Waals surface area contributed by atoms with Crippen molar-refractivity contribution in [3.05, 3.63) is 256 Å². The molecule has 0 atom stereocenters. The van der Waals surface area contributed by atoms with Gasteiger partial charge in [-0.05, 0) is 162 Å². The molecular weight excluding hydrogens is 1020 g/mol. The van der Waals surface area contributed by atoms with Gasteiger partial charge >= 0.3 is 13.6 Å². The first-order valence-corrected chi connectivity index (χ1v) is 29.1. The average molecular weight is 1080 g/mol. The molecule has 6 aliphatic heterocycles. The van der Waals surface area contributed by atoms with E-state index in [1.807, 2.05) is 0 Å². The standard InChI is InChI=1S/C73H58B2N4O4/c1-41-38-44(4)76-70(41)48(8)73-47(7)64(49(9)79(73)75(76)82-62-36-32-52-20-12-16-24-58(52)68(62)69-59-25-17-13-21-53(59)33-37-63(69)83-75)54-26-28-55(29-27-54)65-71-42(2)39-45(5)77(71)74(78-46(6)40-43(3)72(65)78)80-60-34-30-50-18-10-14-22-56(50)66(60)67-57-23-15-11-19-51(57)31-35-61(67)81-74/h10-40H,1-9H3. The Labute approximate surface area is 482 Å². The molecule has 8 heterocycles. The Balaban J connectivity index is 0.849. The van der Waals surface area contributed by atoms with Crippen LogP contribution in [0.2, 0.25) is 0 Å². The van der Waals surface area contributed by atoms with Crippen LogP contribution in [0, 0.1) is 27.7 Å². The second kappa shape index (κ2) is 16.7. The van der Waals surface area contributed by atoms with E-state index in [2.05, 4.69) is 268 Å². The molecule has 11 aromatic rings. The topological polar surface area (TPSA) is 52.8 Å². The third-order valence-corrected chi connectivity index (χ3v) is 19.1. The zero-order chi connectivity index (χ0) is 56.1. The summed E-state index contributed by atoms with van der Waals surface area (Å²) in [6.07, 6.45) is 2.29. The SMILES string of the molecule is CC1=CC(C)=[N+]2C1=C(c1ccc(C3=C(C)C4=C(C)c5c(C)cc(C)n5[B-]5(Oc6ccc7ccccc7c6-c6c(ccc7ccccc67)O5)[N+]4=C3C)cc1)c1c(C)cc(C)n1[B-]21Oc2ccc3ccccc3c2-c2c(ccc3ccccc23)O1. The van der Waals surface area contributed by atoms with Gasteiger partial charge in [-0.3, -0.25) is 0 Å². The normalized spacial score (nSPS) is 16.9. The van der Waals surface area contributed by atoms with Crippen LogP contribution in [0.1, 0.15) is 79.6 Å². The van der Waals surface area contributed by atoms with Gasteiger partial charge in [-0.25, -0.2) is 0 Å². The highest BCUT2D eigenvalue weighted by Gasteiger charge is 2.63. The van der Waals surface area contributed by atoms with Crippen molar-refractivity contribution >= 4 is 84.9 Å². The van der Waals surface area contributed by atoms with E-state index in [9.17, 15) is 0 Å². The summed E-state index contributed by atoms with van der Waals surface area (Å²) in [5.74, 6) is 3.13. The van der Waals surface area contributed by atoms with E-state index in [-0.39, 0.29) is 0 Å². The van der Waals surface area contributed by atoms with Gasteiger partial charge in [-0.15, -0.1) is 0 Å². The maximum Gasteiger partial charge on any atom is 0.780 e. The van der Waals surface area contributed by atoms with E-state index >= 15 is 0 Å². The van der Waals surface area contributed by atoms with Crippen molar-refractivity contribution in [2.75, 3.05) is 0 Å². The Morgan fingerprint density at radius 2 is 0.735 bits per heavy atom. The van der Waals surface area contributed by atoms with E-state index in [1.54, 1.807) is 0 Å². The van der Waals surface area contributed by atoms with Crippen molar-refractivity contribution in [3.63, 3.8) is 0 Å². The van der Waals surface area contributed by atoms with E-state index in [1.165, 1.54) is 16.7 Å². The first-order chi connectivity index (χ1) is 40.3. The molecule has 17 rings (SSSR count). The van der Waals surface area contributed by atoms with Crippen LogP contribution in [0.3, 0.4) is 0 Å². The van der Waals surface area contributed by atoms with Gasteiger partial charge in [-0.2, -0.15) is 0 Å². The molecule has 9 aromatic carbocycles. The molecule has 83 heavy (non-hydrogen) atoms. The molecule has 0 saturated carbocycles. The molecule has 0 aliphatic carbocycles. The quantitative estimate of drug-likeness (QED) is 0.162. The molecule has 2 spiro atoms. The lowest BCUT2D eigenvalue weighted by Gasteiger charge is -2.43. The van der Waals surface area contributed by atoms with Crippen LogP contribution in [-0.2, 0) is 0 Å². The average Bonchev–Trinajstić information content (AvgIpc) is 2.14. The Morgan fingerprint density at radius 1 is 0.361 bits per heavy atom. The zero-order valence-corrected chi connectivity index (χ0v) is 48.0. The molecule has 400 valence electrons. The Hall–Kier alpha value is -9.79. The number of hydrogen-bond acceptors (Lipinski definition) is 4. The lowest BCUT2D eigenvalue weighted by molar-refractivity contribution is -0.372. The molecule has 8 nitrogen and oxygen atoms in total. The monoisotopic (exact) mass is 1080 g/mol. The van der Waals surface area contributed by atoms with E-state index < -0.39 is 13.6 Å². The molecule has 0 unspecified atom stereocenters. The van der Waals surface area contributed by atoms with Crippen LogP contribution in [-0.4, -0.2) is 43.0 Å². The summed E-state index contributed by atoms with van der Waals surface area (Å²) in [4.78, 5) is 0. The number of aromatic nitrogens is 2. The summed E-state index contributed by atoms with van der Waals surface area (Å²) in [6.45, 7) is 15.0. The molecule has 10 heteroatoms. The van der Waals surface area contributed by atoms with Gasteiger partial charge < -0.3 is 36.5 Å². The van der Waals surface area contributed by atoms with Crippen LogP contribution in [0.25, 0.3) is 82.1 Å². The summed E-state index contributed by atoms with van der Waals surface area (Å²) in [5.41, 5.74) is 23.1. The maximum absolute atomic E-state index is 7.85. The minimum absolute atomic E-state index is 0.782. The first-order valence-electron chi connectivity index (χ1n) is 29.1. The highest BCUT2D eigenvalue weighted by molar-refractivity contribution is 6.63. The van der Waals surface area contributed by atoms with Crippen molar-refractivity contribution in [2.45, 2.75) is 62.3 Å². The predicted octanol–water partition coefficient (Wildman–Crippen LogP) is 16.9. The minimum Gasteiger partial charge on any atom is -0.601 e. The maximum atomic E-state index is 7.85. The fourth-order valence-electron chi connectivity index (χ4n) is 16.1. The zero-order valence-electron chi connectivity index (χ0n) is 48.0. The molecular formula is C73H58B2N4O4. The van der Waals surface area contributed by atoms with Gasteiger partial charge in [0.25, 0.3) is 0 Å². The number of hydrogen-bond donors (Lipinski definition) is 0. The molecule has 0 bridgehead atoms. The molecule has 0 radical (unpaired) electrons. The number of rotatable bonds is 2. The minimum atomic E-state index is -2.54. The second-order valence-corrected chi connectivity index (χ2v) is 23.8. The van der Waals surface area contributed by atoms with E-state index in [0.29, 0.717) is 0 Å². The van der Waals surface area contributed by atoms with Gasteiger partial charge in [0.2, 0.25) is 0 Å². The Morgan fingerprint density at radius 3 is 1.17 bits per heavy atom. The third-order valence-electron chi connectivity index (χ3n) is 19.1. The summed E-state index contributed by atoms with van der Waals surface area (Å²) in [5, 5.41) is 9.06. The number of nitrogens with zero attached hydrogens (tertiary/aromatic N) is 4. The fourth-order valence-corrected chi connectivity index (χ4v) is 16.1. The van der Waals surface area contributed by atoms with Crippen molar-refractivity contribution in [1.82, 2.24) is 8.96 Å². The second-order valence-electron chi connectivity index (χ2n) is 23.8. The molecule has 0 fully saturated rings. The van der Waals surface area contributed by atoms with Gasteiger partial charge in [-0.1, -0.05) is 146 Å². The molecule has 0 amide bonds. The lowest BCUT2D eigenvalue weighted by Crippen LogP contribution is -2.67. The van der Waals surface area contributed by atoms with Crippen LogP contribution >= 0.6 is 0 Å². The van der Waals surface area contributed by atoms with E-state index in [4.69, 9.17) is 18.6 Å². The third kappa shape index (κ3) is 6.17. The van der Waals surface area contributed by atoms with Crippen LogP contribution < -0.4 is 18.6 Å². The molecule has 0 saturated heterocycles. The highest BCUT2D eigenvalue weighted by atomic mass is 16.6. The summed E-state index contributed by atoms with van der Waals surface area (Å²) < 4.78 is 40.8. The Bertz CT molecular complexity index is 4910. The van der Waals surface area contributed by atoms with Crippen molar-refractivity contribution < 1.29 is 27.6 Å². The predicted molar refractivity (Wildman–Crippen MR) is 340 cm³/mol. The van der Waals surface area contributed by atoms with Crippen molar-refractivity contribution in [1.29, 1.82) is 0 Å². The number of allylic oxidation sites excluding steroid dienone is 5. The van der Waals surface area contributed by atoms with Crippen LogP contribution in [0.15, 0.2) is 211 Å². The molecule has 0 N–H and O–H groups in total. The van der Waals surface area contributed by atoms with Gasteiger partial charge in [0.05, 0.1) is 34.1 Å². The van der Waals surface area contributed by atoms with Crippen LogP contribution in [0.4, 0.5) is 0 Å². The molecule has 6 aliphatic rings. The van der Waals surface area contributed by atoms with Crippen molar-refractivity contribution in [2.24, 2.45) is 0 Å². The summed E-state index contributed by atoms with van der Waals surface area (Å²) >= 11 is 0. The summed E-state index contributed by atoms with van der Waals surface area (Å²) in [7, 11) is 0. The fraction of sp³-hybridized carbons (Fsp3) is 0.123. The number of fused-ring (bicyclic) bond motifs is 22. The van der Waals surface area contributed by atoms with E-state index in [0.717, 1.165) is 167 Å². The van der Waals surface area contributed by atoms with Crippen LogP contribution in [0.5, 0.6) is 23.0 Å². The van der Waals surface area contributed by atoms with Gasteiger partial charge in [0.15, 0.2) is 11.4 Å². The van der Waals surface area contributed by atoms with Gasteiger partial charge in [0, 0.05) is 70.3 Å². The van der Waals surface area contributed by atoms with Gasteiger partial charge in [0.1, 0.15) is 11.4 Å². The first kappa shape index (κ1) is 48.0. The largest absolute Gasteiger partial charge is 0.780 e. The highest BCUT2D eigenvalue weighted by Crippen LogP contribution is 2.55. The smallest absolute Gasteiger partial charge is 0.601 e. The summed E-state index contributed by atoms with van der Waals surface area (Å²) in [6, 6.07) is 65.7. The number of benzene rings is 9. The lowest BCUT2D eigenvalue weighted by atomic mass is 9.77.